The Bertz CT molecular complexity index is 1120. The van der Waals surface area contributed by atoms with E-state index in [-0.39, 0.29) is 18.3 Å². The summed E-state index contributed by atoms with van der Waals surface area (Å²) in [5, 5.41) is 4.63. The van der Waals surface area contributed by atoms with Gasteiger partial charge >= 0.3 is 0 Å². The number of nitrogens with one attached hydrogen (secondary N) is 1. The molecule has 3 rings (SSSR count). The predicted octanol–water partition coefficient (Wildman–Crippen LogP) is 5.03. The number of ether oxygens (including phenoxy) is 2. The van der Waals surface area contributed by atoms with Crippen LogP contribution in [0.4, 0.5) is 0 Å². The molecule has 0 spiro atoms. The smallest absolute Gasteiger partial charge is 0.271 e. The highest BCUT2D eigenvalue weighted by Gasteiger charge is 2.12. The lowest BCUT2D eigenvalue weighted by molar-refractivity contribution is 0.0918. The largest absolute Gasteiger partial charge is 0.493 e. The van der Waals surface area contributed by atoms with Gasteiger partial charge in [-0.1, -0.05) is 41.4 Å². The molecule has 1 N–H and O–H groups in total. The van der Waals surface area contributed by atoms with Gasteiger partial charge in [0.1, 0.15) is 0 Å². The highest BCUT2D eigenvalue weighted by Crippen LogP contribution is 2.28. The number of Topliss-reactive ketones (excluding diaryl/α,β-unsaturated/α-hetero) is 1. The van der Waals surface area contributed by atoms with E-state index in [0.717, 1.165) is 0 Å². The lowest BCUT2D eigenvalue weighted by Gasteiger charge is -2.11. The molecule has 0 aliphatic rings. The van der Waals surface area contributed by atoms with Gasteiger partial charge in [0, 0.05) is 11.1 Å². The fourth-order valence-electron chi connectivity index (χ4n) is 2.60. The Morgan fingerprint density at radius 1 is 0.935 bits per heavy atom. The molecule has 0 fully saturated rings. The van der Waals surface area contributed by atoms with Crippen LogP contribution in [0.25, 0.3) is 0 Å². The van der Waals surface area contributed by atoms with Crippen LogP contribution in [0.2, 0.25) is 10.0 Å². The molecule has 3 aromatic rings. The normalized spacial score (nSPS) is 10.7. The molecule has 0 heterocycles. The van der Waals surface area contributed by atoms with Gasteiger partial charge in [0.15, 0.2) is 23.9 Å². The minimum Gasteiger partial charge on any atom is -0.493 e. The summed E-state index contributed by atoms with van der Waals surface area (Å²) in [6.07, 6.45) is 1.48. The first kappa shape index (κ1) is 22.3. The number of rotatable bonds is 8. The summed E-state index contributed by atoms with van der Waals surface area (Å²) in [6.45, 7) is -0.200. The number of nitrogens with zero attached hydrogens (tertiary/aromatic N) is 1. The lowest BCUT2D eigenvalue weighted by Crippen LogP contribution is -2.17. The van der Waals surface area contributed by atoms with Crippen molar-refractivity contribution in [2.24, 2.45) is 5.10 Å². The highest BCUT2D eigenvalue weighted by molar-refractivity contribution is 6.42. The van der Waals surface area contributed by atoms with Crippen LogP contribution in [0.15, 0.2) is 71.8 Å². The summed E-state index contributed by atoms with van der Waals surface area (Å²) >= 11 is 11.8. The molecule has 158 valence electrons. The number of carbonyl (C=O) groups excluding carboxylic acids is 2. The monoisotopic (exact) mass is 456 g/mol. The van der Waals surface area contributed by atoms with Crippen LogP contribution in [0, 0.1) is 0 Å². The summed E-state index contributed by atoms with van der Waals surface area (Å²) in [7, 11) is 1.49. The van der Waals surface area contributed by atoms with E-state index >= 15 is 0 Å². The molecule has 0 aliphatic heterocycles. The third-order valence-electron chi connectivity index (χ3n) is 4.20. The number of ketones is 1. The van der Waals surface area contributed by atoms with Crippen molar-refractivity contribution in [2.75, 3.05) is 13.7 Å². The van der Waals surface area contributed by atoms with Crippen molar-refractivity contribution in [1.82, 2.24) is 5.43 Å². The molecule has 0 aliphatic carbocycles. The third kappa shape index (κ3) is 6.07. The van der Waals surface area contributed by atoms with E-state index in [0.29, 0.717) is 38.2 Å². The first-order valence-corrected chi connectivity index (χ1v) is 9.91. The summed E-state index contributed by atoms with van der Waals surface area (Å²) in [5.74, 6) is 0.237. The average Bonchev–Trinajstić information content (AvgIpc) is 2.80. The molecule has 0 atom stereocenters. The second-order valence-electron chi connectivity index (χ2n) is 6.32. The molecule has 0 saturated heterocycles. The standard InChI is InChI=1S/C23H18Cl2N2O4/c1-30-22-11-15(13-26-27-23(29)16-5-3-2-4-6-16)7-10-21(22)31-14-20(28)17-8-9-18(24)19(25)12-17/h2-13H,14H2,1H3,(H,27,29). The van der Waals surface area contributed by atoms with Gasteiger partial charge in [0.2, 0.25) is 0 Å². The molecular formula is C23H18Cl2N2O4. The van der Waals surface area contributed by atoms with Crippen molar-refractivity contribution >= 4 is 41.1 Å². The van der Waals surface area contributed by atoms with Crippen molar-refractivity contribution in [2.45, 2.75) is 0 Å². The van der Waals surface area contributed by atoms with Crippen LogP contribution in [-0.2, 0) is 0 Å². The fourth-order valence-corrected chi connectivity index (χ4v) is 2.90. The molecule has 0 aromatic heterocycles. The van der Waals surface area contributed by atoms with Gasteiger partial charge in [-0.05, 0) is 54.1 Å². The van der Waals surface area contributed by atoms with Crippen molar-refractivity contribution < 1.29 is 19.1 Å². The van der Waals surface area contributed by atoms with Crippen LogP contribution < -0.4 is 14.9 Å². The van der Waals surface area contributed by atoms with Crippen molar-refractivity contribution in [3.8, 4) is 11.5 Å². The minimum absolute atomic E-state index is 0.200. The Morgan fingerprint density at radius 2 is 1.71 bits per heavy atom. The summed E-state index contributed by atoms with van der Waals surface area (Å²) < 4.78 is 10.9. The molecular weight excluding hydrogens is 439 g/mol. The van der Waals surface area contributed by atoms with E-state index in [1.54, 1.807) is 54.6 Å². The molecule has 0 bridgehead atoms. The molecule has 8 heteroatoms. The second-order valence-corrected chi connectivity index (χ2v) is 7.13. The van der Waals surface area contributed by atoms with E-state index < -0.39 is 0 Å². The Morgan fingerprint density at radius 3 is 2.42 bits per heavy atom. The maximum absolute atomic E-state index is 12.3. The molecule has 1 amide bonds. The minimum atomic E-state index is -0.315. The lowest BCUT2D eigenvalue weighted by atomic mass is 10.1. The first-order valence-electron chi connectivity index (χ1n) is 9.15. The number of hydrogen-bond donors (Lipinski definition) is 1. The van der Waals surface area contributed by atoms with Crippen LogP contribution in [-0.4, -0.2) is 31.6 Å². The van der Waals surface area contributed by atoms with Gasteiger partial charge in [-0.2, -0.15) is 5.10 Å². The van der Waals surface area contributed by atoms with Gasteiger partial charge in [-0.15, -0.1) is 0 Å². The van der Waals surface area contributed by atoms with Crippen LogP contribution in [0.5, 0.6) is 11.5 Å². The first-order chi connectivity index (χ1) is 15.0. The van der Waals surface area contributed by atoms with Crippen molar-refractivity contribution in [3.63, 3.8) is 0 Å². The number of halogens is 2. The highest BCUT2D eigenvalue weighted by atomic mass is 35.5. The van der Waals surface area contributed by atoms with E-state index in [1.807, 2.05) is 6.07 Å². The predicted molar refractivity (Wildman–Crippen MR) is 121 cm³/mol. The average molecular weight is 457 g/mol. The summed E-state index contributed by atoms with van der Waals surface area (Å²) in [6, 6.07) is 18.5. The Labute approximate surface area is 189 Å². The van der Waals surface area contributed by atoms with Gasteiger partial charge in [0.25, 0.3) is 5.91 Å². The van der Waals surface area contributed by atoms with Crippen LogP contribution in [0.1, 0.15) is 26.3 Å². The van der Waals surface area contributed by atoms with Crippen LogP contribution in [0.3, 0.4) is 0 Å². The van der Waals surface area contributed by atoms with Gasteiger partial charge in [0.05, 0.1) is 23.4 Å². The van der Waals surface area contributed by atoms with Crippen LogP contribution >= 0.6 is 23.2 Å². The zero-order valence-electron chi connectivity index (χ0n) is 16.5. The Hall–Kier alpha value is -3.35. The number of methoxy groups -OCH3 is 1. The number of amides is 1. The maximum atomic E-state index is 12.3. The van der Waals surface area contributed by atoms with Gasteiger partial charge in [-0.3, -0.25) is 9.59 Å². The van der Waals surface area contributed by atoms with Crippen molar-refractivity contribution in [1.29, 1.82) is 0 Å². The number of hydrogen-bond acceptors (Lipinski definition) is 5. The number of benzene rings is 3. The molecule has 6 nitrogen and oxygen atoms in total. The zero-order chi connectivity index (χ0) is 22.2. The van der Waals surface area contributed by atoms with E-state index in [4.69, 9.17) is 32.7 Å². The van der Waals surface area contributed by atoms with Gasteiger partial charge < -0.3 is 9.47 Å². The maximum Gasteiger partial charge on any atom is 0.271 e. The molecule has 0 radical (unpaired) electrons. The zero-order valence-corrected chi connectivity index (χ0v) is 18.0. The third-order valence-corrected chi connectivity index (χ3v) is 4.94. The quantitative estimate of drug-likeness (QED) is 0.293. The second kappa shape index (κ2) is 10.6. The fraction of sp³-hybridized carbons (Fsp3) is 0.0870. The van der Waals surface area contributed by atoms with E-state index in [1.165, 1.54) is 19.4 Å². The number of hydrazone groups is 1. The Balaban J connectivity index is 1.62. The topological polar surface area (TPSA) is 77.0 Å². The SMILES string of the molecule is COc1cc(C=NNC(=O)c2ccccc2)ccc1OCC(=O)c1ccc(Cl)c(Cl)c1. The molecule has 0 saturated carbocycles. The Kier molecular flexibility index (Phi) is 7.65. The number of carbonyl (C=O) groups is 2. The summed E-state index contributed by atoms with van der Waals surface area (Å²) in [5.41, 5.74) is 4.04. The van der Waals surface area contributed by atoms with E-state index in [2.05, 4.69) is 10.5 Å². The van der Waals surface area contributed by atoms with Crippen molar-refractivity contribution in [3.05, 3.63) is 93.5 Å². The molecule has 3 aromatic carbocycles. The van der Waals surface area contributed by atoms with E-state index in [9.17, 15) is 9.59 Å². The molecule has 0 unspecified atom stereocenters. The molecule has 31 heavy (non-hydrogen) atoms. The summed E-state index contributed by atoms with van der Waals surface area (Å²) in [4.78, 5) is 24.3. The van der Waals surface area contributed by atoms with Gasteiger partial charge in [-0.25, -0.2) is 5.43 Å².